The lowest BCUT2D eigenvalue weighted by molar-refractivity contribution is -0.157. The number of benzene rings is 1. The van der Waals surface area contributed by atoms with Crippen molar-refractivity contribution in [1.29, 1.82) is 0 Å². The van der Waals surface area contributed by atoms with Crippen molar-refractivity contribution >= 4 is 17.3 Å². The fourth-order valence-corrected chi connectivity index (χ4v) is 2.37. The van der Waals surface area contributed by atoms with Gasteiger partial charge >= 0.3 is 5.97 Å². The zero-order valence-electron chi connectivity index (χ0n) is 13.1. The summed E-state index contributed by atoms with van der Waals surface area (Å²) < 4.78 is 5.49. The predicted molar refractivity (Wildman–Crippen MR) is 85.3 cm³/mol. The Hall–Kier alpha value is -1.75. The van der Waals surface area contributed by atoms with Crippen LogP contribution in [0, 0.1) is 0 Å². The highest BCUT2D eigenvalue weighted by atomic mass is 16.6. The Morgan fingerprint density at radius 1 is 1.33 bits per heavy atom. The number of hydrogen-bond acceptors (Lipinski definition) is 5. The van der Waals surface area contributed by atoms with Crippen molar-refractivity contribution in [3.63, 3.8) is 0 Å². The van der Waals surface area contributed by atoms with Crippen molar-refractivity contribution in [2.45, 2.75) is 38.8 Å². The van der Waals surface area contributed by atoms with Gasteiger partial charge in [-0.3, -0.25) is 4.79 Å². The highest BCUT2D eigenvalue weighted by molar-refractivity contribution is 5.77. The number of ether oxygens (including phenoxy) is 1. The molecule has 1 heterocycles. The Balaban J connectivity index is 2.07. The van der Waals surface area contributed by atoms with Gasteiger partial charge in [0.15, 0.2) is 0 Å². The van der Waals surface area contributed by atoms with Crippen LogP contribution in [0.2, 0.25) is 0 Å². The maximum Gasteiger partial charge on any atom is 0.325 e. The molecular weight excluding hydrogens is 266 g/mol. The van der Waals surface area contributed by atoms with Crippen molar-refractivity contribution < 1.29 is 9.53 Å². The van der Waals surface area contributed by atoms with Crippen LogP contribution in [0.25, 0.3) is 0 Å². The van der Waals surface area contributed by atoms with Gasteiger partial charge in [-0.1, -0.05) is 0 Å². The SMILES string of the molecule is CC(C)(C)OC(=O)C1CN(c2ccc(N)cc2)CCCN1. The number of anilines is 2. The fourth-order valence-electron chi connectivity index (χ4n) is 2.37. The Morgan fingerprint density at radius 2 is 2.00 bits per heavy atom. The molecule has 5 nitrogen and oxygen atoms in total. The molecule has 1 aliphatic rings. The van der Waals surface area contributed by atoms with Crippen molar-refractivity contribution in [2.24, 2.45) is 0 Å². The Kier molecular flexibility index (Phi) is 4.73. The quantitative estimate of drug-likeness (QED) is 0.642. The number of nitrogen functional groups attached to an aromatic ring is 1. The summed E-state index contributed by atoms with van der Waals surface area (Å²) >= 11 is 0. The second-order valence-electron chi connectivity index (χ2n) is 6.43. The molecule has 0 aromatic heterocycles. The molecule has 0 saturated carbocycles. The molecule has 1 aromatic rings. The summed E-state index contributed by atoms with van der Waals surface area (Å²) in [5.41, 5.74) is 7.10. The summed E-state index contributed by atoms with van der Waals surface area (Å²) in [4.78, 5) is 14.5. The molecule has 1 fully saturated rings. The van der Waals surface area contributed by atoms with E-state index in [-0.39, 0.29) is 12.0 Å². The minimum Gasteiger partial charge on any atom is -0.459 e. The molecule has 3 N–H and O–H groups in total. The second-order valence-corrected chi connectivity index (χ2v) is 6.43. The van der Waals surface area contributed by atoms with Gasteiger partial charge in [0.2, 0.25) is 0 Å². The van der Waals surface area contributed by atoms with Gasteiger partial charge < -0.3 is 20.7 Å². The fraction of sp³-hybridized carbons (Fsp3) is 0.562. The van der Waals surface area contributed by atoms with Crippen molar-refractivity contribution in [3.05, 3.63) is 24.3 Å². The van der Waals surface area contributed by atoms with Gasteiger partial charge in [0, 0.05) is 24.5 Å². The molecule has 0 spiro atoms. The molecule has 0 radical (unpaired) electrons. The first-order valence-corrected chi connectivity index (χ1v) is 7.42. The molecule has 1 unspecified atom stereocenters. The van der Waals surface area contributed by atoms with E-state index < -0.39 is 5.60 Å². The van der Waals surface area contributed by atoms with E-state index in [4.69, 9.17) is 10.5 Å². The molecule has 0 bridgehead atoms. The van der Waals surface area contributed by atoms with Crippen LogP contribution in [0.1, 0.15) is 27.2 Å². The summed E-state index contributed by atoms with van der Waals surface area (Å²) in [6.45, 7) is 8.00. The highest BCUT2D eigenvalue weighted by Gasteiger charge is 2.28. The first kappa shape index (κ1) is 15.6. The molecule has 1 atom stereocenters. The lowest BCUT2D eigenvalue weighted by Crippen LogP contribution is -2.46. The number of esters is 1. The third kappa shape index (κ3) is 4.63. The van der Waals surface area contributed by atoms with E-state index in [1.807, 2.05) is 45.0 Å². The van der Waals surface area contributed by atoms with E-state index >= 15 is 0 Å². The molecule has 2 rings (SSSR count). The average molecular weight is 291 g/mol. The second kappa shape index (κ2) is 6.35. The maximum absolute atomic E-state index is 12.3. The molecule has 1 saturated heterocycles. The standard InChI is InChI=1S/C16H25N3O2/c1-16(2,3)21-15(20)14-11-19(10-4-9-18-14)13-7-5-12(17)6-8-13/h5-8,14,18H,4,9-11,17H2,1-3H3. The summed E-state index contributed by atoms with van der Waals surface area (Å²) in [5, 5.41) is 3.27. The van der Waals surface area contributed by atoms with Gasteiger partial charge in [-0.2, -0.15) is 0 Å². The number of rotatable bonds is 2. The minimum absolute atomic E-state index is 0.190. The number of nitrogens with one attached hydrogen (secondary N) is 1. The third-order valence-electron chi connectivity index (χ3n) is 3.35. The molecule has 1 aliphatic heterocycles. The molecule has 116 valence electrons. The minimum atomic E-state index is -0.461. The Labute approximate surface area is 126 Å². The van der Waals surface area contributed by atoms with Crippen LogP contribution in [0.15, 0.2) is 24.3 Å². The van der Waals surface area contributed by atoms with Gasteiger partial charge in [-0.15, -0.1) is 0 Å². The summed E-state index contributed by atoms with van der Waals surface area (Å²) in [6, 6.07) is 7.45. The van der Waals surface area contributed by atoms with Crippen LogP contribution in [0.5, 0.6) is 0 Å². The van der Waals surface area contributed by atoms with Crippen LogP contribution in [-0.4, -0.2) is 37.2 Å². The van der Waals surface area contributed by atoms with E-state index in [0.717, 1.165) is 30.9 Å². The van der Waals surface area contributed by atoms with Crippen molar-refractivity contribution in [2.75, 3.05) is 30.3 Å². The Bertz CT molecular complexity index is 479. The zero-order chi connectivity index (χ0) is 15.5. The normalized spacial score (nSPS) is 20.0. The zero-order valence-corrected chi connectivity index (χ0v) is 13.1. The van der Waals surface area contributed by atoms with Crippen LogP contribution >= 0.6 is 0 Å². The summed E-state index contributed by atoms with van der Waals surface area (Å²) in [7, 11) is 0. The Morgan fingerprint density at radius 3 is 2.62 bits per heavy atom. The van der Waals surface area contributed by atoms with Crippen LogP contribution in [0.4, 0.5) is 11.4 Å². The van der Waals surface area contributed by atoms with Crippen molar-refractivity contribution in [3.8, 4) is 0 Å². The third-order valence-corrected chi connectivity index (χ3v) is 3.35. The van der Waals surface area contributed by atoms with E-state index in [1.54, 1.807) is 0 Å². The number of hydrogen-bond donors (Lipinski definition) is 2. The van der Waals surface area contributed by atoms with Crippen molar-refractivity contribution in [1.82, 2.24) is 5.32 Å². The lowest BCUT2D eigenvalue weighted by Gasteiger charge is -2.28. The smallest absolute Gasteiger partial charge is 0.325 e. The maximum atomic E-state index is 12.3. The molecular formula is C16H25N3O2. The average Bonchev–Trinajstić information content (AvgIpc) is 2.63. The molecule has 5 heteroatoms. The largest absolute Gasteiger partial charge is 0.459 e. The van der Waals surface area contributed by atoms with E-state index in [9.17, 15) is 4.79 Å². The number of carbonyl (C=O) groups is 1. The topological polar surface area (TPSA) is 67.6 Å². The predicted octanol–water partition coefficient (Wildman–Crippen LogP) is 1.78. The van der Waals surface area contributed by atoms with E-state index in [2.05, 4.69) is 10.2 Å². The number of nitrogens with two attached hydrogens (primary N) is 1. The van der Waals surface area contributed by atoms with Crippen LogP contribution in [0.3, 0.4) is 0 Å². The van der Waals surface area contributed by atoms with E-state index in [1.165, 1.54) is 0 Å². The van der Waals surface area contributed by atoms with Crippen LogP contribution < -0.4 is 16.0 Å². The molecule has 21 heavy (non-hydrogen) atoms. The highest BCUT2D eigenvalue weighted by Crippen LogP contribution is 2.19. The first-order chi connectivity index (χ1) is 9.85. The molecule has 1 aromatic carbocycles. The van der Waals surface area contributed by atoms with E-state index in [0.29, 0.717) is 6.54 Å². The van der Waals surface area contributed by atoms with Gasteiger partial charge in [-0.05, 0) is 58.0 Å². The summed E-state index contributed by atoms with van der Waals surface area (Å²) in [6.07, 6.45) is 0.990. The number of carbonyl (C=O) groups excluding carboxylic acids is 1. The van der Waals surface area contributed by atoms with Gasteiger partial charge in [0.1, 0.15) is 11.6 Å². The summed E-state index contributed by atoms with van der Waals surface area (Å²) in [5.74, 6) is -0.190. The number of nitrogens with zero attached hydrogens (tertiary/aromatic N) is 1. The molecule has 0 aliphatic carbocycles. The monoisotopic (exact) mass is 291 g/mol. The van der Waals surface area contributed by atoms with Gasteiger partial charge in [-0.25, -0.2) is 0 Å². The van der Waals surface area contributed by atoms with Gasteiger partial charge in [0.25, 0.3) is 0 Å². The first-order valence-electron chi connectivity index (χ1n) is 7.42. The van der Waals surface area contributed by atoms with Gasteiger partial charge in [0.05, 0.1) is 0 Å². The lowest BCUT2D eigenvalue weighted by atomic mass is 10.2. The molecule has 0 amide bonds. The van der Waals surface area contributed by atoms with Crippen LogP contribution in [-0.2, 0) is 9.53 Å².